The first-order valence-electron chi connectivity index (χ1n) is 16.2. The summed E-state index contributed by atoms with van der Waals surface area (Å²) in [6, 6.07) is 59.4. The molecule has 0 fully saturated rings. The Hall–Kier alpha value is -5.48. The van der Waals surface area contributed by atoms with Crippen LogP contribution in [0.15, 0.2) is 164 Å². The summed E-state index contributed by atoms with van der Waals surface area (Å²) in [6.07, 6.45) is -0.150. The van der Waals surface area contributed by atoms with Crippen LogP contribution in [0.1, 0.15) is 17.3 Å². The van der Waals surface area contributed by atoms with E-state index in [0.717, 1.165) is 5.69 Å². The van der Waals surface area contributed by atoms with E-state index in [0.29, 0.717) is 6.54 Å². The molecule has 0 saturated carbocycles. The van der Waals surface area contributed by atoms with Crippen molar-refractivity contribution in [2.75, 3.05) is 5.32 Å². The Kier molecular flexibility index (Phi) is 6.93. The van der Waals surface area contributed by atoms with Crippen LogP contribution in [-0.2, 0) is 6.54 Å². The van der Waals surface area contributed by atoms with Crippen LogP contribution in [0.25, 0.3) is 63.6 Å². The van der Waals surface area contributed by atoms with E-state index in [4.69, 9.17) is 0 Å². The predicted molar refractivity (Wildman–Crippen MR) is 203 cm³/mol. The lowest BCUT2D eigenvalue weighted by Crippen LogP contribution is -2.28. The molecule has 3 heteroatoms. The minimum Gasteiger partial charge on any atom is -0.366 e. The largest absolute Gasteiger partial charge is 0.366 e. The van der Waals surface area contributed by atoms with Gasteiger partial charge in [0.15, 0.2) is 0 Å². The smallest absolute Gasteiger partial charge is 0.105 e. The highest BCUT2D eigenvalue weighted by Crippen LogP contribution is 2.39. The van der Waals surface area contributed by atoms with Gasteiger partial charge in [-0.25, -0.2) is 0 Å². The third-order valence-electron chi connectivity index (χ3n) is 9.39. The molecule has 224 valence electrons. The number of hydrogen-bond donors (Lipinski definition) is 2. The fourth-order valence-electron chi connectivity index (χ4n) is 7.15. The monoisotopic (exact) mass is 620 g/mol. The van der Waals surface area contributed by atoms with Crippen molar-refractivity contribution in [2.45, 2.75) is 12.7 Å². The maximum atomic E-state index is 4.00. The van der Waals surface area contributed by atoms with Gasteiger partial charge in [0.25, 0.3) is 0 Å². The Morgan fingerprint density at radius 2 is 1.17 bits per heavy atom. The van der Waals surface area contributed by atoms with Gasteiger partial charge in [0.2, 0.25) is 0 Å². The molecule has 8 aromatic carbocycles. The molecule has 9 aromatic rings. The van der Waals surface area contributed by atoms with Gasteiger partial charge in [0, 0.05) is 38.0 Å². The fourth-order valence-corrected chi connectivity index (χ4v) is 8.24. The van der Waals surface area contributed by atoms with Crippen LogP contribution >= 0.6 is 11.3 Å². The molecule has 0 radical (unpaired) electrons. The SMILES string of the molecule is c1ccc(NC(NCc2ccccc2-c2ccc3sc4ccccc4c3c2)c2c3ccccc3cc3c2ccc2ccccc23)cc1. The topological polar surface area (TPSA) is 24.1 Å². The van der Waals surface area contributed by atoms with Crippen molar-refractivity contribution in [2.24, 2.45) is 0 Å². The molecule has 0 amide bonds. The molecule has 2 nitrogen and oxygen atoms in total. The van der Waals surface area contributed by atoms with E-state index in [1.807, 2.05) is 11.3 Å². The van der Waals surface area contributed by atoms with Crippen LogP contribution in [0.3, 0.4) is 0 Å². The van der Waals surface area contributed by atoms with Crippen LogP contribution < -0.4 is 10.6 Å². The molecule has 9 rings (SSSR count). The molecule has 47 heavy (non-hydrogen) atoms. The third kappa shape index (κ3) is 5.01. The van der Waals surface area contributed by atoms with Crippen LogP contribution in [0.2, 0.25) is 0 Å². The second-order valence-corrected chi connectivity index (χ2v) is 13.3. The molecule has 0 bridgehead atoms. The average Bonchev–Trinajstić information content (AvgIpc) is 3.51. The number of hydrogen-bond acceptors (Lipinski definition) is 3. The Morgan fingerprint density at radius 3 is 2.06 bits per heavy atom. The van der Waals surface area contributed by atoms with Crippen LogP contribution in [0.5, 0.6) is 0 Å². The summed E-state index contributed by atoms with van der Waals surface area (Å²) in [5, 5.41) is 18.1. The van der Waals surface area contributed by atoms with Crippen molar-refractivity contribution < 1.29 is 0 Å². The summed E-state index contributed by atoms with van der Waals surface area (Å²) < 4.78 is 2.66. The molecule has 2 N–H and O–H groups in total. The first-order chi connectivity index (χ1) is 23.3. The molecular formula is C44H32N2S. The van der Waals surface area contributed by atoms with E-state index in [1.54, 1.807) is 0 Å². The predicted octanol–water partition coefficient (Wildman–Crippen LogP) is 12.1. The third-order valence-corrected chi connectivity index (χ3v) is 10.5. The van der Waals surface area contributed by atoms with E-state index >= 15 is 0 Å². The number of thiophene rings is 1. The lowest BCUT2D eigenvalue weighted by Gasteiger charge is -2.26. The molecule has 1 heterocycles. The van der Waals surface area contributed by atoms with Crippen LogP contribution in [0.4, 0.5) is 5.69 Å². The van der Waals surface area contributed by atoms with E-state index in [2.05, 4.69) is 174 Å². The Morgan fingerprint density at radius 1 is 0.468 bits per heavy atom. The summed E-state index contributed by atoms with van der Waals surface area (Å²) in [6.45, 7) is 0.696. The lowest BCUT2D eigenvalue weighted by molar-refractivity contribution is 0.594. The summed E-state index contributed by atoms with van der Waals surface area (Å²) in [5.74, 6) is 0. The zero-order chi connectivity index (χ0) is 31.2. The maximum Gasteiger partial charge on any atom is 0.105 e. The molecule has 0 saturated heterocycles. The van der Waals surface area contributed by atoms with E-state index in [-0.39, 0.29) is 6.17 Å². The minimum absolute atomic E-state index is 0.150. The number of para-hydroxylation sites is 1. The minimum atomic E-state index is -0.150. The first kappa shape index (κ1) is 27.8. The van der Waals surface area contributed by atoms with Crippen molar-refractivity contribution in [1.82, 2.24) is 5.32 Å². The molecule has 0 spiro atoms. The first-order valence-corrected chi connectivity index (χ1v) is 17.0. The van der Waals surface area contributed by atoms with Crippen molar-refractivity contribution in [3.05, 3.63) is 175 Å². The highest BCUT2D eigenvalue weighted by atomic mass is 32.1. The zero-order valence-corrected chi connectivity index (χ0v) is 26.6. The van der Waals surface area contributed by atoms with Gasteiger partial charge in [0.05, 0.1) is 0 Å². The van der Waals surface area contributed by atoms with Crippen molar-refractivity contribution in [1.29, 1.82) is 0 Å². The van der Waals surface area contributed by atoms with Crippen LogP contribution in [-0.4, -0.2) is 0 Å². The highest BCUT2D eigenvalue weighted by molar-refractivity contribution is 7.25. The Bertz CT molecular complexity index is 2570. The van der Waals surface area contributed by atoms with Gasteiger partial charge >= 0.3 is 0 Å². The summed E-state index contributed by atoms with van der Waals surface area (Å²) in [4.78, 5) is 0. The van der Waals surface area contributed by atoms with E-state index in [9.17, 15) is 0 Å². The van der Waals surface area contributed by atoms with Crippen LogP contribution in [0, 0.1) is 0 Å². The second kappa shape index (κ2) is 11.7. The van der Waals surface area contributed by atoms with Gasteiger partial charge in [-0.15, -0.1) is 11.3 Å². The standard InChI is InChI=1S/C44H32N2S/c1-2-15-33(16-3-1)46-44(43-36-19-9-5-13-30(36)26-39-35-18-8-4-12-29(35)22-24-38(39)43)45-28-32-14-6-7-17-34(32)31-23-25-42-40(27-31)37-20-10-11-21-41(37)47-42/h1-27,44-46H,28H2. The quantitative estimate of drug-likeness (QED) is 0.105. The Labute approximate surface area is 277 Å². The molecule has 1 atom stereocenters. The summed E-state index contributed by atoms with van der Waals surface area (Å²) in [5.41, 5.74) is 6.10. The number of benzene rings is 8. The van der Waals surface area contributed by atoms with Crippen molar-refractivity contribution in [3.63, 3.8) is 0 Å². The molecular weight excluding hydrogens is 589 g/mol. The van der Waals surface area contributed by atoms with Crippen molar-refractivity contribution in [3.8, 4) is 11.1 Å². The van der Waals surface area contributed by atoms with E-state index in [1.165, 1.54) is 74.7 Å². The fraction of sp³-hybridized carbons (Fsp3) is 0.0455. The molecule has 0 aliphatic rings. The molecule has 0 aliphatic carbocycles. The number of anilines is 1. The molecule has 1 aromatic heterocycles. The highest BCUT2D eigenvalue weighted by Gasteiger charge is 2.20. The van der Waals surface area contributed by atoms with Gasteiger partial charge in [-0.05, 0) is 85.4 Å². The zero-order valence-electron chi connectivity index (χ0n) is 25.8. The number of nitrogens with one attached hydrogen (secondary N) is 2. The van der Waals surface area contributed by atoms with Gasteiger partial charge in [-0.3, -0.25) is 5.32 Å². The average molecular weight is 621 g/mol. The Balaban J connectivity index is 1.17. The molecule has 0 aliphatic heterocycles. The van der Waals surface area contributed by atoms with Gasteiger partial charge in [0.1, 0.15) is 6.17 Å². The van der Waals surface area contributed by atoms with Crippen molar-refractivity contribution >= 4 is 69.5 Å². The van der Waals surface area contributed by atoms with E-state index < -0.39 is 0 Å². The number of rotatable bonds is 7. The van der Waals surface area contributed by atoms with Gasteiger partial charge in [-0.2, -0.15) is 0 Å². The maximum absolute atomic E-state index is 4.00. The number of fused-ring (bicyclic) bond motifs is 7. The van der Waals surface area contributed by atoms with Gasteiger partial charge in [-0.1, -0.05) is 127 Å². The summed E-state index contributed by atoms with van der Waals surface area (Å²) in [7, 11) is 0. The second-order valence-electron chi connectivity index (χ2n) is 12.2. The lowest BCUT2D eigenvalue weighted by atomic mass is 9.91. The molecule has 1 unspecified atom stereocenters. The summed E-state index contributed by atoms with van der Waals surface area (Å²) >= 11 is 1.86. The normalized spacial score (nSPS) is 12.3. The van der Waals surface area contributed by atoms with Gasteiger partial charge < -0.3 is 5.32 Å².